The molecule has 2 amide bonds. The Morgan fingerprint density at radius 1 is 1.26 bits per heavy atom. The maximum Gasteiger partial charge on any atom is 0.226 e. The quantitative estimate of drug-likeness (QED) is 0.722. The maximum absolute atomic E-state index is 12.5. The van der Waals surface area contributed by atoms with Crippen LogP contribution in [0.15, 0.2) is 12.2 Å². The van der Waals surface area contributed by atoms with Crippen LogP contribution in [0.4, 0.5) is 0 Å². The third-order valence-electron chi connectivity index (χ3n) is 4.63. The molecule has 0 saturated heterocycles. The van der Waals surface area contributed by atoms with Crippen LogP contribution in [0.5, 0.6) is 0 Å². The number of amides is 2. The van der Waals surface area contributed by atoms with E-state index in [1.165, 1.54) is 0 Å². The van der Waals surface area contributed by atoms with Gasteiger partial charge in [-0.15, -0.1) is 0 Å². The molecule has 1 saturated carbocycles. The number of fused-ring (bicyclic) bond motifs is 2. The Morgan fingerprint density at radius 2 is 1.95 bits per heavy atom. The number of rotatable bonds is 4. The Hall–Kier alpha value is -1.32. The van der Waals surface area contributed by atoms with Crippen LogP contribution >= 0.6 is 0 Å². The fourth-order valence-corrected chi connectivity index (χ4v) is 3.43. The average molecular weight is 264 g/mol. The summed E-state index contributed by atoms with van der Waals surface area (Å²) in [6.45, 7) is 0. The fraction of sp³-hybridized carbons (Fsp3) is 0.733. The standard InChI is InChI=1S/C15H24N2O2/c1-16(2)13(18)9-12(14(19)17(3)4)15-7-5-11(10-15)6-8-15/h5,7,11-12H,6,8-10H2,1-4H3. The molecule has 4 nitrogen and oxygen atoms in total. The monoisotopic (exact) mass is 264 g/mol. The van der Waals surface area contributed by atoms with Crippen molar-refractivity contribution >= 4 is 11.8 Å². The van der Waals surface area contributed by atoms with Crippen LogP contribution in [0.2, 0.25) is 0 Å². The zero-order chi connectivity index (χ0) is 14.2. The second-order valence-electron chi connectivity index (χ2n) is 6.37. The molecular weight excluding hydrogens is 240 g/mol. The third-order valence-corrected chi connectivity index (χ3v) is 4.63. The van der Waals surface area contributed by atoms with Crippen molar-refractivity contribution in [3.63, 3.8) is 0 Å². The van der Waals surface area contributed by atoms with E-state index >= 15 is 0 Å². The highest BCUT2D eigenvalue weighted by atomic mass is 16.2. The van der Waals surface area contributed by atoms with E-state index in [-0.39, 0.29) is 23.1 Å². The molecule has 2 rings (SSSR count). The maximum atomic E-state index is 12.5. The molecule has 106 valence electrons. The number of nitrogens with zero attached hydrogens (tertiary/aromatic N) is 2. The highest BCUT2D eigenvalue weighted by Gasteiger charge is 2.49. The van der Waals surface area contributed by atoms with Gasteiger partial charge in [0.25, 0.3) is 0 Å². The van der Waals surface area contributed by atoms with Gasteiger partial charge in [0, 0.05) is 40.0 Å². The molecule has 1 fully saturated rings. The summed E-state index contributed by atoms with van der Waals surface area (Å²) < 4.78 is 0. The van der Waals surface area contributed by atoms with Gasteiger partial charge in [-0.2, -0.15) is 0 Å². The first kappa shape index (κ1) is 14.1. The van der Waals surface area contributed by atoms with Gasteiger partial charge in [0.05, 0.1) is 5.92 Å². The van der Waals surface area contributed by atoms with Gasteiger partial charge in [-0.05, 0) is 25.2 Å². The first-order chi connectivity index (χ1) is 8.85. The van der Waals surface area contributed by atoms with Crippen molar-refractivity contribution in [3.8, 4) is 0 Å². The van der Waals surface area contributed by atoms with Gasteiger partial charge < -0.3 is 9.80 Å². The molecule has 4 heteroatoms. The molecular formula is C15H24N2O2. The van der Waals surface area contributed by atoms with Crippen LogP contribution in [0.1, 0.15) is 25.7 Å². The van der Waals surface area contributed by atoms with Crippen molar-refractivity contribution in [3.05, 3.63) is 12.2 Å². The lowest BCUT2D eigenvalue weighted by molar-refractivity contribution is -0.142. The Kier molecular flexibility index (Phi) is 3.70. The Morgan fingerprint density at radius 3 is 2.32 bits per heavy atom. The van der Waals surface area contributed by atoms with Crippen LogP contribution in [-0.4, -0.2) is 49.8 Å². The minimum atomic E-state index is -0.207. The summed E-state index contributed by atoms with van der Waals surface area (Å²) in [5.41, 5.74) is -0.0717. The average Bonchev–Trinajstić information content (AvgIpc) is 2.95. The third kappa shape index (κ3) is 2.53. The summed E-state index contributed by atoms with van der Waals surface area (Å²) in [6, 6.07) is 0. The molecule has 3 unspecified atom stereocenters. The van der Waals surface area contributed by atoms with Crippen LogP contribution in [-0.2, 0) is 9.59 Å². The first-order valence-corrected chi connectivity index (χ1v) is 6.96. The summed E-state index contributed by atoms with van der Waals surface area (Å²) in [7, 11) is 7.05. The number of allylic oxidation sites excluding steroid dienone is 2. The number of hydrogen-bond donors (Lipinski definition) is 0. The van der Waals surface area contributed by atoms with Gasteiger partial charge in [0.15, 0.2) is 0 Å². The summed E-state index contributed by atoms with van der Waals surface area (Å²) in [5.74, 6) is 0.536. The van der Waals surface area contributed by atoms with Gasteiger partial charge >= 0.3 is 0 Å². The molecule has 19 heavy (non-hydrogen) atoms. The normalized spacial score (nSPS) is 29.4. The van der Waals surface area contributed by atoms with E-state index < -0.39 is 0 Å². The van der Waals surface area contributed by atoms with E-state index in [0.717, 1.165) is 19.3 Å². The number of carbonyl (C=O) groups is 2. The van der Waals surface area contributed by atoms with E-state index in [9.17, 15) is 9.59 Å². The number of carbonyl (C=O) groups excluding carboxylic acids is 2. The summed E-state index contributed by atoms with van der Waals surface area (Å²) in [4.78, 5) is 27.7. The lowest BCUT2D eigenvalue weighted by atomic mass is 9.72. The Bertz CT molecular complexity index is 414. The predicted molar refractivity (Wildman–Crippen MR) is 74.4 cm³/mol. The number of hydrogen-bond acceptors (Lipinski definition) is 2. The van der Waals surface area contributed by atoms with Crippen LogP contribution in [0, 0.1) is 17.3 Å². The molecule has 2 bridgehead atoms. The van der Waals surface area contributed by atoms with E-state index in [1.807, 2.05) is 0 Å². The minimum Gasteiger partial charge on any atom is -0.349 e. The first-order valence-electron chi connectivity index (χ1n) is 6.96. The van der Waals surface area contributed by atoms with Gasteiger partial charge in [0.1, 0.15) is 0 Å². The summed E-state index contributed by atoms with van der Waals surface area (Å²) in [5, 5.41) is 0. The van der Waals surface area contributed by atoms with Crippen LogP contribution in [0.25, 0.3) is 0 Å². The smallest absolute Gasteiger partial charge is 0.226 e. The Balaban J connectivity index is 2.22. The lowest BCUT2D eigenvalue weighted by Crippen LogP contribution is -2.42. The van der Waals surface area contributed by atoms with E-state index in [4.69, 9.17) is 0 Å². The molecule has 0 heterocycles. The van der Waals surface area contributed by atoms with Crippen molar-refractivity contribution in [2.24, 2.45) is 17.3 Å². The lowest BCUT2D eigenvalue weighted by Gasteiger charge is -2.34. The van der Waals surface area contributed by atoms with Gasteiger partial charge in [-0.3, -0.25) is 9.59 Å². The topological polar surface area (TPSA) is 40.6 Å². The molecule has 0 radical (unpaired) electrons. The molecule has 2 aliphatic carbocycles. The van der Waals surface area contributed by atoms with Crippen LogP contribution in [0.3, 0.4) is 0 Å². The van der Waals surface area contributed by atoms with E-state index in [0.29, 0.717) is 12.3 Å². The summed E-state index contributed by atoms with van der Waals surface area (Å²) >= 11 is 0. The SMILES string of the molecule is CN(C)C(=O)CC(C(=O)N(C)C)C12C=CC(CC1)C2. The largest absolute Gasteiger partial charge is 0.349 e. The second-order valence-corrected chi connectivity index (χ2v) is 6.37. The van der Waals surface area contributed by atoms with Crippen molar-refractivity contribution in [1.82, 2.24) is 9.80 Å². The van der Waals surface area contributed by atoms with E-state index in [1.54, 1.807) is 38.0 Å². The second kappa shape index (κ2) is 4.99. The van der Waals surface area contributed by atoms with E-state index in [2.05, 4.69) is 12.2 Å². The molecule has 0 aromatic rings. The molecule has 0 aromatic heterocycles. The zero-order valence-corrected chi connectivity index (χ0v) is 12.3. The molecule has 0 N–H and O–H groups in total. The highest BCUT2D eigenvalue weighted by molar-refractivity contribution is 5.86. The molecule has 0 spiro atoms. The predicted octanol–water partition coefficient (Wildman–Crippen LogP) is 1.53. The van der Waals surface area contributed by atoms with Gasteiger partial charge in [0.2, 0.25) is 11.8 Å². The Labute approximate surface area is 115 Å². The molecule has 2 aliphatic rings. The van der Waals surface area contributed by atoms with Crippen molar-refractivity contribution in [2.45, 2.75) is 25.7 Å². The molecule has 3 atom stereocenters. The zero-order valence-electron chi connectivity index (χ0n) is 12.3. The highest BCUT2D eigenvalue weighted by Crippen LogP contribution is 2.54. The van der Waals surface area contributed by atoms with Crippen LogP contribution < -0.4 is 0 Å². The molecule has 0 aliphatic heterocycles. The van der Waals surface area contributed by atoms with Crippen molar-refractivity contribution in [1.29, 1.82) is 0 Å². The van der Waals surface area contributed by atoms with Gasteiger partial charge in [-0.1, -0.05) is 12.2 Å². The fourth-order valence-electron chi connectivity index (χ4n) is 3.43. The summed E-state index contributed by atoms with van der Waals surface area (Å²) in [6.07, 6.45) is 8.00. The minimum absolute atomic E-state index is 0.0401. The van der Waals surface area contributed by atoms with Crippen molar-refractivity contribution < 1.29 is 9.59 Å². The van der Waals surface area contributed by atoms with Gasteiger partial charge in [-0.25, -0.2) is 0 Å². The molecule has 0 aromatic carbocycles. The van der Waals surface area contributed by atoms with Crippen molar-refractivity contribution in [2.75, 3.05) is 28.2 Å².